The summed E-state index contributed by atoms with van der Waals surface area (Å²) < 4.78 is 14.2. The van der Waals surface area contributed by atoms with Crippen LogP contribution in [0.4, 0.5) is 0 Å². The van der Waals surface area contributed by atoms with Crippen molar-refractivity contribution in [3.63, 3.8) is 0 Å². The van der Waals surface area contributed by atoms with Gasteiger partial charge in [-0.1, -0.05) is 154 Å². The fourth-order valence-corrected chi connectivity index (χ4v) is 6.50. The molecule has 4 aromatic carbocycles. The van der Waals surface area contributed by atoms with Crippen molar-refractivity contribution >= 4 is 22.6 Å². The summed E-state index contributed by atoms with van der Waals surface area (Å²) in [4.78, 5) is 0. The van der Waals surface area contributed by atoms with Crippen molar-refractivity contribution in [2.75, 3.05) is 19.8 Å². The first kappa shape index (κ1) is 33.4. The Kier molecular flexibility index (Phi) is 15.3. The van der Waals surface area contributed by atoms with Crippen molar-refractivity contribution in [2.45, 2.75) is 82.7 Å². The number of rotatable bonds is 21. The lowest BCUT2D eigenvalue weighted by Crippen LogP contribution is -2.33. The van der Waals surface area contributed by atoms with Crippen molar-refractivity contribution in [3.8, 4) is 0 Å². The Balaban J connectivity index is 1.07. The van der Waals surface area contributed by atoms with Gasteiger partial charge in [-0.3, -0.25) is 0 Å². The minimum absolute atomic E-state index is 0.629. The first-order valence-electron chi connectivity index (χ1n) is 16.4. The molecule has 0 aliphatic rings. The summed E-state index contributed by atoms with van der Waals surface area (Å²) in [6.45, 7) is 2.21. The van der Waals surface area contributed by atoms with Crippen LogP contribution in [0.1, 0.15) is 92.9 Å². The SMILES string of the molecule is Ic1cccc(CCCCCCCCCCCCOCCCOC(c2ccccc2)(c2ccccc2)c2ccccc2)c1. The number of hydrogen-bond donors (Lipinski definition) is 0. The van der Waals surface area contributed by atoms with Gasteiger partial charge in [-0.25, -0.2) is 0 Å². The maximum Gasteiger partial charge on any atom is 0.143 e. The number of benzene rings is 4. The molecule has 0 heterocycles. The van der Waals surface area contributed by atoms with Crippen molar-refractivity contribution < 1.29 is 9.47 Å². The first-order chi connectivity index (χ1) is 21.3. The fourth-order valence-electron chi connectivity index (χ4n) is 5.90. The summed E-state index contributed by atoms with van der Waals surface area (Å²) in [6.07, 6.45) is 15.4. The van der Waals surface area contributed by atoms with Crippen LogP contribution >= 0.6 is 22.6 Å². The van der Waals surface area contributed by atoms with Crippen LogP contribution in [-0.2, 0) is 21.5 Å². The highest BCUT2D eigenvalue weighted by atomic mass is 127. The third kappa shape index (κ3) is 11.2. The van der Waals surface area contributed by atoms with Crippen LogP contribution in [0.25, 0.3) is 0 Å². The van der Waals surface area contributed by atoms with Crippen LogP contribution in [0.5, 0.6) is 0 Å². The van der Waals surface area contributed by atoms with Gasteiger partial charge in [0.1, 0.15) is 5.60 Å². The van der Waals surface area contributed by atoms with E-state index in [0.717, 1.165) is 42.7 Å². The lowest BCUT2D eigenvalue weighted by Gasteiger charge is -2.36. The van der Waals surface area contributed by atoms with E-state index < -0.39 is 5.60 Å². The zero-order chi connectivity index (χ0) is 29.8. The highest BCUT2D eigenvalue weighted by Crippen LogP contribution is 2.40. The molecule has 0 saturated carbocycles. The van der Waals surface area contributed by atoms with Crippen molar-refractivity contribution in [1.29, 1.82) is 0 Å². The summed E-state index contributed by atoms with van der Waals surface area (Å²) in [7, 11) is 0. The van der Waals surface area contributed by atoms with Crippen LogP contribution in [0.3, 0.4) is 0 Å². The quantitative estimate of drug-likeness (QED) is 0.0493. The molecule has 0 spiro atoms. The minimum Gasteiger partial charge on any atom is -0.381 e. The van der Waals surface area contributed by atoms with E-state index in [2.05, 4.69) is 138 Å². The van der Waals surface area contributed by atoms with Crippen LogP contribution in [0.2, 0.25) is 0 Å². The normalized spacial score (nSPS) is 11.6. The number of ether oxygens (including phenoxy) is 2. The molecule has 0 aliphatic heterocycles. The molecule has 0 fully saturated rings. The highest BCUT2D eigenvalue weighted by Gasteiger charge is 2.37. The van der Waals surface area contributed by atoms with Crippen LogP contribution in [-0.4, -0.2) is 19.8 Å². The summed E-state index contributed by atoms with van der Waals surface area (Å²) in [5, 5.41) is 0. The Morgan fingerprint density at radius 1 is 0.442 bits per heavy atom. The Labute approximate surface area is 274 Å². The molecule has 0 aromatic heterocycles. The topological polar surface area (TPSA) is 18.5 Å². The van der Waals surface area contributed by atoms with Gasteiger partial charge in [-0.15, -0.1) is 0 Å². The molecule has 3 heteroatoms. The largest absolute Gasteiger partial charge is 0.381 e. The average molecular weight is 689 g/mol. The van der Waals surface area contributed by atoms with Crippen LogP contribution < -0.4 is 0 Å². The molecule has 43 heavy (non-hydrogen) atoms. The Bertz CT molecular complexity index is 1160. The van der Waals surface area contributed by atoms with E-state index in [1.807, 2.05) is 0 Å². The van der Waals surface area contributed by atoms with Gasteiger partial charge >= 0.3 is 0 Å². The van der Waals surface area contributed by atoms with E-state index in [1.54, 1.807) is 0 Å². The summed E-state index contributed by atoms with van der Waals surface area (Å²) >= 11 is 2.40. The van der Waals surface area contributed by atoms with E-state index in [0.29, 0.717) is 6.61 Å². The monoisotopic (exact) mass is 688 g/mol. The Hall–Kier alpha value is -2.47. The zero-order valence-electron chi connectivity index (χ0n) is 25.8. The van der Waals surface area contributed by atoms with Gasteiger partial charge in [-0.2, -0.15) is 0 Å². The third-order valence-corrected chi connectivity index (χ3v) is 8.86. The van der Waals surface area contributed by atoms with Gasteiger partial charge in [-0.05, 0) is 82.7 Å². The number of unbranched alkanes of at least 4 members (excludes halogenated alkanes) is 9. The molecule has 0 unspecified atom stereocenters. The molecular weight excluding hydrogens is 639 g/mol. The Morgan fingerprint density at radius 2 is 0.907 bits per heavy atom. The van der Waals surface area contributed by atoms with Crippen molar-refractivity contribution in [3.05, 3.63) is 141 Å². The highest BCUT2D eigenvalue weighted by molar-refractivity contribution is 14.1. The number of aryl methyl sites for hydroxylation is 1. The molecule has 0 saturated heterocycles. The molecule has 4 aromatic rings. The minimum atomic E-state index is -0.648. The molecule has 0 N–H and O–H groups in total. The lowest BCUT2D eigenvalue weighted by molar-refractivity contribution is -0.000723. The lowest BCUT2D eigenvalue weighted by atomic mass is 9.80. The summed E-state index contributed by atoms with van der Waals surface area (Å²) in [5.41, 5.74) is 4.27. The van der Waals surface area contributed by atoms with Gasteiger partial charge in [0.15, 0.2) is 0 Å². The molecule has 0 radical (unpaired) electrons. The smallest absolute Gasteiger partial charge is 0.143 e. The van der Waals surface area contributed by atoms with Crippen molar-refractivity contribution in [1.82, 2.24) is 0 Å². The van der Waals surface area contributed by atoms with E-state index >= 15 is 0 Å². The Morgan fingerprint density at radius 3 is 1.42 bits per heavy atom. The fraction of sp³-hybridized carbons (Fsp3) is 0.400. The number of hydrogen-bond acceptors (Lipinski definition) is 2. The van der Waals surface area contributed by atoms with E-state index in [1.165, 1.54) is 73.3 Å². The van der Waals surface area contributed by atoms with Crippen LogP contribution in [0, 0.1) is 3.57 Å². The maximum absolute atomic E-state index is 6.85. The second kappa shape index (κ2) is 19.7. The van der Waals surface area contributed by atoms with Gasteiger partial charge in [0.05, 0.1) is 6.61 Å². The summed E-state index contributed by atoms with van der Waals surface area (Å²) in [6, 6.07) is 40.7. The van der Waals surface area contributed by atoms with Gasteiger partial charge in [0.25, 0.3) is 0 Å². The van der Waals surface area contributed by atoms with Gasteiger partial charge in [0.2, 0.25) is 0 Å². The molecule has 4 rings (SSSR count). The summed E-state index contributed by atoms with van der Waals surface area (Å²) in [5.74, 6) is 0. The predicted octanol–water partition coefficient (Wildman–Crippen LogP) is 11.2. The van der Waals surface area contributed by atoms with Gasteiger partial charge in [0, 0.05) is 16.8 Å². The second-order valence-corrected chi connectivity index (χ2v) is 12.8. The molecule has 228 valence electrons. The average Bonchev–Trinajstić information content (AvgIpc) is 3.06. The van der Waals surface area contributed by atoms with Crippen LogP contribution in [0.15, 0.2) is 115 Å². The van der Waals surface area contributed by atoms with E-state index in [4.69, 9.17) is 9.47 Å². The van der Waals surface area contributed by atoms with Gasteiger partial charge < -0.3 is 9.47 Å². The predicted molar refractivity (Wildman–Crippen MR) is 190 cm³/mol. The molecular formula is C40H49IO2. The third-order valence-electron chi connectivity index (χ3n) is 8.19. The molecule has 0 atom stereocenters. The maximum atomic E-state index is 6.85. The van der Waals surface area contributed by atoms with E-state index in [9.17, 15) is 0 Å². The second-order valence-electron chi connectivity index (χ2n) is 11.5. The standard InChI is InChI=1S/C40H49IO2/c41-39-30-20-23-35(34-39)22-12-7-5-3-1-2-4-6-8-19-31-42-32-21-33-43-40(36-24-13-9-14-25-36,37-26-15-10-16-27-37)38-28-17-11-18-29-38/h9-11,13-18,20,23-30,34H,1-8,12,19,21-22,31-33H2. The molecule has 2 nitrogen and oxygen atoms in total. The molecule has 0 bridgehead atoms. The van der Waals surface area contributed by atoms with Crippen molar-refractivity contribution in [2.24, 2.45) is 0 Å². The first-order valence-corrected chi connectivity index (χ1v) is 17.5. The van der Waals surface area contributed by atoms with E-state index in [-0.39, 0.29) is 0 Å². The zero-order valence-corrected chi connectivity index (χ0v) is 27.9. The number of halogens is 1. The molecule has 0 amide bonds. The molecule has 0 aliphatic carbocycles.